The lowest BCUT2D eigenvalue weighted by Crippen LogP contribution is -1.98. The van der Waals surface area contributed by atoms with E-state index in [1.807, 2.05) is 0 Å². The lowest BCUT2D eigenvalue weighted by molar-refractivity contribution is -0.385. The molecular weight excluding hydrogens is 310 g/mol. The minimum atomic E-state index is -0.708. The Labute approximate surface area is 129 Å². The van der Waals surface area contributed by atoms with Gasteiger partial charge in [0.25, 0.3) is 0 Å². The number of aromatic hydroxyl groups is 1. The van der Waals surface area contributed by atoms with Gasteiger partial charge in [0, 0.05) is 6.07 Å². The van der Waals surface area contributed by atoms with Crippen LogP contribution < -0.4 is 4.74 Å². The zero-order valence-electron chi connectivity index (χ0n) is 10.9. The predicted molar refractivity (Wildman–Crippen MR) is 79.1 cm³/mol. The number of carbonyl (C=O) groups is 1. The highest BCUT2D eigenvalue weighted by Gasteiger charge is 2.29. The molecule has 2 aromatic carbocycles. The minimum absolute atomic E-state index is 0.0167. The summed E-state index contributed by atoms with van der Waals surface area (Å²) >= 11 is 5.96. The average molecular weight is 318 g/mol. The Bertz CT molecular complexity index is 844. The molecule has 0 aromatic heterocycles. The number of halogens is 1. The van der Waals surface area contributed by atoms with Crippen LogP contribution in [-0.2, 0) is 0 Å². The molecule has 1 N–H and O–H groups in total. The second kappa shape index (κ2) is 5.16. The van der Waals surface area contributed by atoms with Crippen molar-refractivity contribution in [3.05, 3.63) is 68.4 Å². The van der Waals surface area contributed by atoms with E-state index in [1.54, 1.807) is 18.2 Å². The molecule has 0 bridgehead atoms. The fraction of sp³-hybridized carbons (Fsp3) is 0. The van der Waals surface area contributed by atoms with E-state index in [4.69, 9.17) is 16.3 Å². The highest BCUT2D eigenvalue weighted by atomic mass is 35.5. The zero-order chi connectivity index (χ0) is 15.9. The summed E-state index contributed by atoms with van der Waals surface area (Å²) in [5, 5.41) is 20.5. The van der Waals surface area contributed by atoms with Crippen molar-refractivity contribution < 1.29 is 19.6 Å². The van der Waals surface area contributed by atoms with E-state index in [0.717, 1.165) is 6.07 Å². The lowest BCUT2D eigenvalue weighted by atomic mass is 10.1. The van der Waals surface area contributed by atoms with Gasteiger partial charge in [-0.2, -0.15) is 0 Å². The molecule has 0 radical (unpaired) electrons. The van der Waals surface area contributed by atoms with Crippen LogP contribution in [0.3, 0.4) is 0 Å². The molecule has 7 heteroatoms. The fourth-order valence-corrected chi connectivity index (χ4v) is 2.32. The number of hydrogen-bond donors (Lipinski definition) is 1. The van der Waals surface area contributed by atoms with Crippen LogP contribution in [0.4, 0.5) is 5.69 Å². The van der Waals surface area contributed by atoms with E-state index in [1.165, 1.54) is 18.2 Å². The number of nitro groups is 1. The Morgan fingerprint density at radius 1 is 1.27 bits per heavy atom. The van der Waals surface area contributed by atoms with E-state index >= 15 is 0 Å². The van der Waals surface area contributed by atoms with Crippen LogP contribution >= 0.6 is 11.6 Å². The van der Waals surface area contributed by atoms with Crippen LogP contribution in [-0.4, -0.2) is 15.8 Å². The van der Waals surface area contributed by atoms with Crippen LogP contribution in [0.1, 0.15) is 15.9 Å². The molecule has 3 rings (SSSR count). The van der Waals surface area contributed by atoms with Gasteiger partial charge in [0.1, 0.15) is 0 Å². The van der Waals surface area contributed by atoms with E-state index in [2.05, 4.69) is 0 Å². The summed E-state index contributed by atoms with van der Waals surface area (Å²) in [4.78, 5) is 22.3. The van der Waals surface area contributed by atoms with Gasteiger partial charge in [0.15, 0.2) is 17.3 Å². The van der Waals surface area contributed by atoms with Gasteiger partial charge in [-0.25, -0.2) is 0 Å². The Balaban J connectivity index is 2.02. The Morgan fingerprint density at radius 2 is 2.05 bits per heavy atom. The largest absolute Gasteiger partial charge is 0.502 e. The second-order valence-corrected chi connectivity index (χ2v) is 4.97. The van der Waals surface area contributed by atoms with E-state index in [0.29, 0.717) is 16.1 Å². The van der Waals surface area contributed by atoms with Crippen LogP contribution in [0.15, 0.2) is 42.2 Å². The molecule has 1 aliphatic rings. The predicted octanol–water partition coefficient (Wildman–Crippen LogP) is 3.57. The summed E-state index contributed by atoms with van der Waals surface area (Å²) in [6.07, 6.45) is 1.37. The number of Topliss-reactive ketones (excluding diaryl/α,β-unsaturated/α-hetero) is 1. The number of para-hydroxylation sites is 1. The maximum absolute atomic E-state index is 12.2. The van der Waals surface area contributed by atoms with Gasteiger partial charge in [-0.1, -0.05) is 23.7 Å². The molecule has 2 aromatic rings. The number of ketones is 1. The van der Waals surface area contributed by atoms with Gasteiger partial charge in [-0.05, 0) is 29.8 Å². The van der Waals surface area contributed by atoms with Gasteiger partial charge >= 0.3 is 5.69 Å². The molecule has 1 aliphatic heterocycles. The van der Waals surface area contributed by atoms with Crippen molar-refractivity contribution in [1.29, 1.82) is 0 Å². The van der Waals surface area contributed by atoms with Gasteiger partial charge in [0.2, 0.25) is 5.78 Å². The quantitative estimate of drug-likeness (QED) is 0.519. The lowest BCUT2D eigenvalue weighted by Gasteiger charge is -2.01. The van der Waals surface area contributed by atoms with Crippen molar-refractivity contribution in [2.75, 3.05) is 0 Å². The van der Waals surface area contributed by atoms with Gasteiger partial charge in [0.05, 0.1) is 15.5 Å². The summed E-state index contributed by atoms with van der Waals surface area (Å²) in [6, 6.07) is 8.60. The Hall–Kier alpha value is -2.86. The third-order valence-corrected chi connectivity index (χ3v) is 3.44. The number of carbonyl (C=O) groups excluding carboxylic acids is 1. The monoisotopic (exact) mass is 317 g/mol. The molecule has 0 unspecified atom stereocenters. The summed E-state index contributed by atoms with van der Waals surface area (Å²) in [5.74, 6) is -0.512. The van der Waals surface area contributed by atoms with E-state index < -0.39 is 16.4 Å². The standard InChI is InChI=1S/C15H8ClNO5/c16-10-3-1-2-9-14(19)13(22-15(9)10)7-8-4-5-12(18)11(6-8)17(20)21/h1-7,18H/b13-7-. The van der Waals surface area contributed by atoms with Crippen molar-refractivity contribution in [3.63, 3.8) is 0 Å². The topological polar surface area (TPSA) is 89.7 Å². The molecule has 0 amide bonds. The smallest absolute Gasteiger partial charge is 0.311 e. The number of nitrogens with zero attached hydrogens (tertiary/aromatic N) is 1. The molecular formula is C15H8ClNO5. The summed E-state index contributed by atoms with van der Waals surface area (Å²) in [5.41, 5.74) is 0.249. The first kappa shape index (κ1) is 14.1. The van der Waals surface area contributed by atoms with Crippen molar-refractivity contribution >= 4 is 29.1 Å². The van der Waals surface area contributed by atoms with E-state index in [9.17, 15) is 20.0 Å². The SMILES string of the molecule is O=C1/C(=C/c2ccc(O)c([N+](=O)[O-])c2)Oc2c(Cl)cccc21. The first-order chi connectivity index (χ1) is 10.5. The summed E-state index contributed by atoms with van der Waals surface area (Å²) in [7, 11) is 0. The highest BCUT2D eigenvalue weighted by Crippen LogP contribution is 2.38. The third-order valence-electron chi connectivity index (χ3n) is 3.14. The van der Waals surface area contributed by atoms with Gasteiger partial charge in [-0.3, -0.25) is 14.9 Å². The molecule has 22 heavy (non-hydrogen) atoms. The summed E-state index contributed by atoms with van der Waals surface area (Å²) in [6.45, 7) is 0. The van der Waals surface area contributed by atoms with Crippen molar-refractivity contribution in [2.45, 2.75) is 0 Å². The molecule has 6 nitrogen and oxygen atoms in total. The van der Waals surface area contributed by atoms with E-state index in [-0.39, 0.29) is 17.3 Å². The molecule has 0 saturated carbocycles. The normalized spacial score (nSPS) is 14.8. The number of nitro benzene ring substituents is 1. The van der Waals surface area contributed by atoms with Crippen LogP contribution in [0.25, 0.3) is 6.08 Å². The minimum Gasteiger partial charge on any atom is -0.502 e. The molecule has 0 spiro atoms. The molecule has 110 valence electrons. The molecule has 0 aliphatic carbocycles. The van der Waals surface area contributed by atoms with Crippen molar-refractivity contribution in [2.24, 2.45) is 0 Å². The number of ether oxygens (including phenoxy) is 1. The maximum atomic E-state index is 12.2. The van der Waals surface area contributed by atoms with Crippen molar-refractivity contribution in [3.8, 4) is 11.5 Å². The average Bonchev–Trinajstić information content (AvgIpc) is 2.79. The molecule has 1 heterocycles. The molecule has 0 fully saturated rings. The Morgan fingerprint density at radius 3 is 2.73 bits per heavy atom. The van der Waals surface area contributed by atoms with Crippen LogP contribution in [0, 0.1) is 10.1 Å². The Kier molecular flexibility index (Phi) is 3.30. The number of fused-ring (bicyclic) bond motifs is 1. The van der Waals surface area contributed by atoms with Gasteiger partial charge < -0.3 is 9.84 Å². The highest BCUT2D eigenvalue weighted by molar-refractivity contribution is 6.33. The number of hydrogen-bond acceptors (Lipinski definition) is 5. The molecule has 0 saturated heterocycles. The second-order valence-electron chi connectivity index (χ2n) is 4.56. The number of rotatable bonds is 2. The van der Waals surface area contributed by atoms with Gasteiger partial charge in [-0.15, -0.1) is 0 Å². The van der Waals surface area contributed by atoms with Crippen LogP contribution in [0.5, 0.6) is 11.5 Å². The first-order valence-corrected chi connectivity index (χ1v) is 6.55. The molecule has 0 atom stereocenters. The van der Waals surface area contributed by atoms with Crippen molar-refractivity contribution in [1.82, 2.24) is 0 Å². The third kappa shape index (κ3) is 2.29. The number of benzene rings is 2. The fourth-order valence-electron chi connectivity index (χ4n) is 2.10. The van der Waals surface area contributed by atoms with Crippen LogP contribution in [0.2, 0.25) is 5.02 Å². The maximum Gasteiger partial charge on any atom is 0.311 e. The number of phenolic OH excluding ortho intramolecular Hbond substituents is 1. The summed E-state index contributed by atoms with van der Waals surface area (Å²) < 4.78 is 5.43. The number of allylic oxidation sites excluding steroid dienone is 1. The first-order valence-electron chi connectivity index (χ1n) is 6.17. The number of phenols is 1. The zero-order valence-corrected chi connectivity index (χ0v) is 11.7.